The molecule has 1 aliphatic heterocycles. The zero-order chi connectivity index (χ0) is 21.1. The van der Waals surface area contributed by atoms with Gasteiger partial charge in [-0.15, -0.1) is 12.3 Å². The quantitative estimate of drug-likeness (QED) is 0.447. The molecule has 4 N–H and O–H groups in total. The second-order valence-corrected chi connectivity index (χ2v) is 8.11. The number of nitrogens with zero attached hydrogens (tertiary/aromatic N) is 3. The first-order valence-electron chi connectivity index (χ1n) is 10.4. The highest BCUT2D eigenvalue weighted by molar-refractivity contribution is 5.89. The summed E-state index contributed by atoms with van der Waals surface area (Å²) in [6.45, 7) is 4.07. The van der Waals surface area contributed by atoms with Crippen LogP contribution in [0.2, 0.25) is 0 Å². The fourth-order valence-corrected chi connectivity index (χ4v) is 4.37. The van der Waals surface area contributed by atoms with E-state index in [-0.39, 0.29) is 12.0 Å². The van der Waals surface area contributed by atoms with E-state index in [0.717, 1.165) is 30.8 Å². The van der Waals surface area contributed by atoms with Gasteiger partial charge in [0.05, 0.1) is 24.9 Å². The predicted octanol–water partition coefficient (Wildman–Crippen LogP) is 2.78. The smallest absolute Gasteiger partial charge is 0.153 e. The second-order valence-electron chi connectivity index (χ2n) is 8.11. The molecule has 1 saturated heterocycles. The Morgan fingerprint density at radius 2 is 2.27 bits per heavy atom. The Kier molecular flexibility index (Phi) is 5.75. The van der Waals surface area contributed by atoms with E-state index in [1.165, 1.54) is 6.21 Å². The molecule has 30 heavy (non-hydrogen) atoms. The number of rotatable bonds is 5. The number of aliphatic hydroxyl groups is 1. The first kappa shape index (κ1) is 20.4. The van der Waals surface area contributed by atoms with Crippen LogP contribution in [-0.2, 0) is 10.3 Å². The van der Waals surface area contributed by atoms with E-state index < -0.39 is 5.60 Å². The molecule has 8 heteroatoms. The van der Waals surface area contributed by atoms with Gasteiger partial charge in [0, 0.05) is 36.5 Å². The van der Waals surface area contributed by atoms with Crippen molar-refractivity contribution >= 4 is 23.7 Å². The maximum atomic E-state index is 11.6. The van der Waals surface area contributed by atoms with Gasteiger partial charge in [-0.25, -0.2) is 4.98 Å². The van der Waals surface area contributed by atoms with Gasteiger partial charge in [0.1, 0.15) is 11.6 Å². The molecule has 4 rings (SSSR count). The summed E-state index contributed by atoms with van der Waals surface area (Å²) in [4.78, 5) is 7.01. The number of H-pyrrole nitrogens is 1. The molecule has 8 nitrogen and oxygen atoms in total. The van der Waals surface area contributed by atoms with Crippen molar-refractivity contribution in [1.29, 1.82) is 5.41 Å². The molecule has 1 atom stereocenters. The van der Waals surface area contributed by atoms with E-state index in [4.69, 9.17) is 21.6 Å². The zero-order valence-corrected chi connectivity index (χ0v) is 17.2. The molecule has 1 aliphatic carbocycles. The average molecular weight is 409 g/mol. The summed E-state index contributed by atoms with van der Waals surface area (Å²) in [5.41, 5.74) is 0.245. The highest BCUT2D eigenvalue weighted by atomic mass is 16.5. The summed E-state index contributed by atoms with van der Waals surface area (Å²) in [7, 11) is 0. The number of hydrogen-bond acceptors (Lipinski definition) is 7. The molecule has 0 spiro atoms. The molecule has 2 aliphatic rings. The number of ether oxygens (including phenoxy) is 1. The predicted molar refractivity (Wildman–Crippen MR) is 116 cm³/mol. The van der Waals surface area contributed by atoms with Crippen LogP contribution in [0.3, 0.4) is 0 Å². The molecule has 0 aromatic carbocycles. The zero-order valence-electron chi connectivity index (χ0n) is 17.2. The second kappa shape index (κ2) is 8.46. The van der Waals surface area contributed by atoms with Crippen LogP contribution in [0.1, 0.15) is 43.7 Å². The number of terminal acetylenes is 1. The van der Waals surface area contributed by atoms with Crippen molar-refractivity contribution in [2.75, 3.05) is 30.0 Å². The summed E-state index contributed by atoms with van der Waals surface area (Å²) >= 11 is 0. The Balaban J connectivity index is 1.79. The molecule has 0 radical (unpaired) electrons. The van der Waals surface area contributed by atoms with Crippen molar-refractivity contribution < 1.29 is 9.84 Å². The lowest BCUT2D eigenvalue weighted by atomic mass is 9.74. The van der Waals surface area contributed by atoms with E-state index in [1.807, 2.05) is 6.07 Å². The van der Waals surface area contributed by atoms with Crippen molar-refractivity contribution in [3.8, 4) is 12.3 Å². The lowest BCUT2D eigenvalue weighted by Crippen LogP contribution is -2.44. The van der Waals surface area contributed by atoms with Gasteiger partial charge < -0.3 is 25.5 Å². The van der Waals surface area contributed by atoms with Gasteiger partial charge in [0.25, 0.3) is 0 Å². The van der Waals surface area contributed by atoms with Crippen LogP contribution in [0.25, 0.3) is 0 Å². The fraction of sp³-hybridized carbons (Fsp3) is 0.500. The summed E-state index contributed by atoms with van der Waals surface area (Å²) in [5, 5.41) is 29.8. The molecule has 2 aromatic heterocycles. The molecule has 2 fully saturated rings. The van der Waals surface area contributed by atoms with Crippen LogP contribution in [-0.4, -0.2) is 52.3 Å². The minimum absolute atomic E-state index is 0.162. The molecule has 158 valence electrons. The van der Waals surface area contributed by atoms with Gasteiger partial charge in [-0.2, -0.15) is 5.10 Å². The molecule has 2 aromatic rings. The third-order valence-electron chi connectivity index (χ3n) is 6.15. The topological polar surface area (TPSA) is 110 Å². The Labute approximate surface area is 176 Å². The van der Waals surface area contributed by atoms with Gasteiger partial charge in [-0.3, -0.25) is 5.10 Å². The molecular formula is C22H28N6O2. The van der Waals surface area contributed by atoms with Gasteiger partial charge in [0.2, 0.25) is 0 Å². The van der Waals surface area contributed by atoms with Gasteiger partial charge in [0.15, 0.2) is 5.82 Å². The Morgan fingerprint density at radius 3 is 2.90 bits per heavy atom. The minimum Gasteiger partial charge on any atom is -0.385 e. The van der Waals surface area contributed by atoms with E-state index in [2.05, 4.69) is 33.3 Å². The van der Waals surface area contributed by atoms with Crippen LogP contribution in [0.15, 0.2) is 18.3 Å². The van der Waals surface area contributed by atoms with Crippen molar-refractivity contribution in [2.45, 2.75) is 44.2 Å². The third-order valence-corrected chi connectivity index (χ3v) is 6.15. The highest BCUT2D eigenvalue weighted by Gasteiger charge is 2.38. The maximum absolute atomic E-state index is 11.6. The number of pyridine rings is 1. The number of anilines is 3. The first-order chi connectivity index (χ1) is 14.5. The standard InChI is InChI=1S/C22H28N6O2/c1-3-16-4-7-22(29,8-5-16)18-12-20(28-10-11-30-14-15(28)2)26-21(17(18)13-23)25-19-6-9-24-27-19/h1,6,9,12-13,15-16,23,29H,4-5,7-8,10-11,14H2,2H3,(H2,24,25,26,27). The van der Waals surface area contributed by atoms with E-state index in [0.29, 0.717) is 43.3 Å². The largest absolute Gasteiger partial charge is 0.385 e. The van der Waals surface area contributed by atoms with E-state index in [9.17, 15) is 5.11 Å². The third kappa shape index (κ3) is 3.91. The van der Waals surface area contributed by atoms with Gasteiger partial charge >= 0.3 is 0 Å². The number of nitrogens with one attached hydrogen (secondary N) is 3. The molecular weight excluding hydrogens is 380 g/mol. The monoisotopic (exact) mass is 408 g/mol. The molecule has 1 unspecified atom stereocenters. The van der Waals surface area contributed by atoms with Crippen molar-refractivity contribution in [2.24, 2.45) is 5.92 Å². The van der Waals surface area contributed by atoms with Crippen LogP contribution in [0, 0.1) is 23.7 Å². The molecule has 3 heterocycles. The van der Waals surface area contributed by atoms with Crippen LogP contribution in [0.5, 0.6) is 0 Å². The van der Waals surface area contributed by atoms with Crippen molar-refractivity contribution in [3.05, 3.63) is 29.5 Å². The number of morpholine rings is 1. The van der Waals surface area contributed by atoms with Crippen LogP contribution >= 0.6 is 0 Å². The number of aromatic amines is 1. The lowest BCUT2D eigenvalue weighted by molar-refractivity contribution is -0.00801. The Hall–Kier alpha value is -2.89. The molecule has 0 bridgehead atoms. The number of aromatic nitrogens is 3. The maximum Gasteiger partial charge on any atom is 0.153 e. The van der Waals surface area contributed by atoms with Crippen LogP contribution in [0.4, 0.5) is 17.5 Å². The minimum atomic E-state index is -1.05. The SMILES string of the molecule is C#CC1CCC(O)(c2cc(N3CCOCC3C)nc(Nc3cc[nH]n3)c2C=N)CC1. The molecule has 1 saturated carbocycles. The average Bonchev–Trinajstić information content (AvgIpc) is 3.27. The van der Waals surface area contributed by atoms with Crippen molar-refractivity contribution in [1.82, 2.24) is 15.2 Å². The van der Waals surface area contributed by atoms with Crippen LogP contribution < -0.4 is 10.2 Å². The summed E-state index contributed by atoms with van der Waals surface area (Å²) in [6.07, 6.45) is 11.2. The highest BCUT2D eigenvalue weighted by Crippen LogP contribution is 2.43. The van der Waals surface area contributed by atoms with E-state index in [1.54, 1.807) is 12.3 Å². The summed E-state index contributed by atoms with van der Waals surface area (Å²) < 4.78 is 5.58. The first-order valence-corrected chi connectivity index (χ1v) is 10.4. The molecule has 0 amide bonds. The van der Waals surface area contributed by atoms with Gasteiger partial charge in [-0.1, -0.05) is 0 Å². The fourth-order valence-electron chi connectivity index (χ4n) is 4.37. The normalized spacial score (nSPS) is 26.8. The Bertz CT molecular complexity index is 928. The summed E-state index contributed by atoms with van der Waals surface area (Å²) in [6, 6.07) is 3.90. The van der Waals surface area contributed by atoms with Crippen molar-refractivity contribution in [3.63, 3.8) is 0 Å². The van der Waals surface area contributed by atoms with Gasteiger partial charge in [-0.05, 0) is 44.2 Å². The number of hydrogen-bond donors (Lipinski definition) is 4. The lowest BCUT2D eigenvalue weighted by Gasteiger charge is -2.38. The van der Waals surface area contributed by atoms with E-state index >= 15 is 0 Å². The summed E-state index contributed by atoms with van der Waals surface area (Å²) in [5.74, 6) is 4.88. The Morgan fingerprint density at radius 1 is 1.47 bits per heavy atom.